The van der Waals surface area contributed by atoms with Crippen LogP contribution in [0.4, 0.5) is 0 Å². The van der Waals surface area contributed by atoms with Crippen LogP contribution in [0.3, 0.4) is 0 Å². The van der Waals surface area contributed by atoms with E-state index in [1.807, 2.05) is 6.92 Å². The van der Waals surface area contributed by atoms with Crippen LogP contribution in [0.25, 0.3) is 0 Å². The molecule has 10 atom stereocenters. The summed E-state index contributed by atoms with van der Waals surface area (Å²) in [7, 11) is 0. The summed E-state index contributed by atoms with van der Waals surface area (Å²) in [5.74, 6) is -0.400. The molecule has 0 aliphatic heterocycles. The highest BCUT2D eigenvalue weighted by Gasteiger charge is 2.71. The summed E-state index contributed by atoms with van der Waals surface area (Å²) in [6.07, 6.45) is 8.44. The maximum Gasteiger partial charge on any atom is 0.310 e. The predicted molar refractivity (Wildman–Crippen MR) is 135 cm³/mol. The molecule has 0 aromatic carbocycles. The van der Waals surface area contributed by atoms with E-state index in [-0.39, 0.29) is 40.1 Å². The number of carboxylic acid groups (broad SMARTS) is 1. The summed E-state index contributed by atoms with van der Waals surface area (Å²) >= 11 is 0. The Balaban J connectivity index is 1.63. The van der Waals surface area contributed by atoms with Gasteiger partial charge in [-0.05, 0) is 91.3 Å². The number of aliphatic hydroxyl groups excluding tert-OH is 3. The van der Waals surface area contributed by atoms with Crippen LogP contribution in [-0.2, 0) is 4.79 Å². The summed E-state index contributed by atoms with van der Waals surface area (Å²) in [6, 6.07) is 0. The van der Waals surface area contributed by atoms with E-state index in [0.29, 0.717) is 25.2 Å². The largest absolute Gasteiger partial charge is 0.481 e. The average molecular weight is 489 g/mol. The number of carbonyl (C=O) groups is 1. The first-order chi connectivity index (χ1) is 16.1. The van der Waals surface area contributed by atoms with E-state index in [4.69, 9.17) is 0 Å². The lowest BCUT2D eigenvalue weighted by molar-refractivity contribution is -0.252. The molecular formula is C30H48O5. The molecule has 0 radical (unpaired) electrons. The molecule has 5 aliphatic carbocycles. The van der Waals surface area contributed by atoms with Gasteiger partial charge in [0.05, 0.1) is 24.2 Å². The van der Waals surface area contributed by atoms with Crippen molar-refractivity contribution in [2.75, 3.05) is 6.61 Å². The fourth-order valence-electron chi connectivity index (χ4n) is 10.8. The number of aliphatic carboxylic acids is 1. The maximum absolute atomic E-state index is 12.8. The molecule has 0 bridgehead atoms. The minimum Gasteiger partial charge on any atom is -0.481 e. The molecule has 3 unspecified atom stereocenters. The van der Waals surface area contributed by atoms with E-state index in [2.05, 4.69) is 40.7 Å². The standard InChI is InChI=1S/C30H48O5/c1-25(2)11-13-30(24(34)35)14-12-28(5)18(19(30)15-25)7-8-21-26(3)10-9-22(33)27(4,17-31)23(26)20(32)16-29(21,28)6/h7,19-23,31-33H,8-17H2,1-6H3,(H,34,35)/t19?,20-,21?,22+,23?,26-,27-,28-,29-,30+/m1/s1. The molecule has 35 heavy (non-hydrogen) atoms. The number of hydrogen-bond donors (Lipinski definition) is 4. The van der Waals surface area contributed by atoms with E-state index in [1.54, 1.807) is 0 Å². The second-order valence-corrected chi connectivity index (χ2v) is 15.1. The van der Waals surface area contributed by atoms with Crippen molar-refractivity contribution in [3.05, 3.63) is 11.6 Å². The monoisotopic (exact) mass is 488 g/mol. The number of fused-ring (bicyclic) bond motifs is 7. The first kappa shape index (κ1) is 25.7. The lowest BCUT2D eigenvalue weighted by Gasteiger charge is -2.72. The number of carboxylic acids is 1. The molecule has 0 heterocycles. The van der Waals surface area contributed by atoms with E-state index in [9.17, 15) is 25.2 Å². The van der Waals surface area contributed by atoms with Gasteiger partial charge < -0.3 is 20.4 Å². The van der Waals surface area contributed by atoms with Crippen LogP contribution in [0.1, 0.15) is 99.3 Å². The van der Waals surface area contributed by atoms with E-state index in [0.717, 1.165) is 38.5 Å². The minimum atomic E-state index is -0.711. The highest BCUT2D eigenvalue weighted by molar-refractivity contribution is 5.76. The van der Waals surface area contributed by atoms with Crippen LogP contribution in [0.15, 0.2) is 11.6 Å². The van der Waals surface area contributed by atoms with Crippen molar-refractivity contribution in [3.63, 3.8) is 0 Å². The van der Waals surface area contributed by atoms with Gasteiger partial charge in [-0.2, -0.15) is 0 Å². The summed E-state index contributed by atoms with van der Waals surface area (Å²) in [4.78, 5) is 12.8. The van der Waals surface area contributed by atoms with Crippen molar-refractivity contribution in [1.82, 2.24) is 0 Å². The van der Waals surface area contributed by atoms with Crippen LogP contribution in [0.2, 0.25) is 0 Å². The van der Waals surface area contributed by atoms with Crippen LogP contribution in [-0.4, -0.2) is 45.2 Å². The minimum absolute atomic E-state index is 0.0545. The smallest absolute Gasteiger partial charge is 0.310 e. The molecule has 5 aliphatic rings. The van der Waals surface area contributed by atoms with Crippen molar-refractivity contribution in [2.24, 2.45) is 50.2 Å². The van der Waals surface area contributed by atoms with Gasteiger partial charge in [0, 0.05) is 11.3 Å². The Labute approximate surface area is 211 Å². The first-order valence-electron chi connectivity index (χ1n) is 14.0. The fraction of sp³-hybridized carbons (Fsp3) is 0.900. The van der Waals surface area contributed by atoms with Gasteiger partial charge in [-0.1, -0.05) is 53.2 Å². The van der Waals surface area contributed by atoms with Crippen molar-refractivity contribution < 1.29 is 25.2 Å². The predicted octanol–water partition coefficient (Wildman–Crippen LogP) is 5.18. The van der Waals surface area contributed by atoms with Crippen LogP contribution in [0, 0.1) is 50.2 Å². The molecule has 4 saturated carbocycles. The Morgan fingerprint density at radius 1 is 0.971 bits per heavy atom. The van der Waals surface area contributed by atoms with Gasteiger partial charge in [0.1, 0.15) is 0 Å². The Hall–Kier alpha value is -0.910. The summed E-state index contributed by atoms with van der Waals surface area (Å²) in [5, 5.41) is 43.6. The molecule has 4 N–H and O–H groups in total. The summed E-state index contributed by atoms with van der Waals surface area (Å²) in [6.45, 7) is 13.5. The van der Waals surface area contributed by atoms with Gasteiger partial charge in [0.25, 0.3) is 0 Å². The zero-order valence-electron chi connectivity index (χ0n) is 22.7. The van der Waals surface area contributed by atoms with Gasteiger partial charge >= 0.3 is 5.97 Å². The molecule has 0 aromatic heterocycles. The van der Waals surface area contributed by atoms with Gasteiger partial charge in [-0.15, -0.1) is 0 Å². The normalized spacial score (nSPS) is 55.0. The van der Waals surface area contributed by atoms with Crippen molar-refractivity contribution in [3.8, 4) is 0 Å². The van der Waals surface area contributed by atoms with Gasteiger partial charge in [0.15, 0.2) is 0 Å². The summed E-state index contributed by atoms with van der Waals surface area (Å²) in [5.41, 5.74) is -0.397. The third-order valence-electron chi connectivity index (χ3n) is 13.1. The lowest BCUT2D eigenvalue weighted by atomic mass is 9.33. The van der Waals surface area contributed by atoms with Crippen LogP contribution in [0.5, 0.6) is 0 Å². The molecule has 0 amide bonds. The quantitative estimate of drug-likeness (QED) is 0.402. The molecular weight excluding hydrogens is 440 g/mol. The van der Waals surface area contributed by atoms with E-state index >= 15 is 0 Å². The number of hydrogen-bond acceptors (Lipinski definition) is 4. The number of allylic oxidation sites excluding steroid dienone is 2. The second kappa shape index (κ2) is 7.57. The van der Waals surface area contributed by atoms with Crippen LogP contribution >= 0.6 is 0 Å². The first-order valence-corrected chi connectivity index (χ1v) is 14.0. The highest BCUT2D eigenvalue weighted by atomic mass is 16.4. The van der Waals surface area contributed by atoms with Crippen molar-refractivity contribution >= 4 is 5.97 Å². The zero-order chi connectivity index (χ0) is 25.8. The molecule has 5 nitrogen and oxygen atoms in total. The number of rotatable bonds is 2. The molecule has 0 saturated heterocycles. The molecule has 4 fully saturated rings. The highest BCUT2D eigenvalue weighted by Crippen LogP contribution is 2.75. The van der Waals surface area contributed by atoms with E-state index in [1.165, 1.54) is 5.57 Å². The van der Waals surface area contributed by atoms with Crippen molar-refractivity contribution in [2.45, 2.75) is 112 Å². The SMILES string of the molecule is CC1(C)CC[C@]2(C(=O)O)CC[C@]3(C)C(=CCC4[C@@]5(C)CC[C@H](O)[C@@](C)(CO)C5[C@H](O)C[C@]43C)C2C1. The van der Waals surface area contributed by atoms with Gasteiger partial charge in [-0.3, -0.25) is 4.79 Å². The topological polar surface area (TPSA) is 98.0 Å². The maximum atomic E-state index is 12.8. The second-order valence-electron chi connectivity index (χ2n) is 15.1. The molecule has 198 valence electrons. The molecule has 0 spiro atoms. The van der Waals surface area contributed by atoms with Gasteiger partial charge in [0.2, 0.25) is 0 Å². The third-order valence-corrected chi connectivity index (χ3v) is 13.1. The summed E-state index contributed by atoms with van der Waals surface area (Å²) < 4.78 is 0. The van der Waals surface area contributed by atoms with Crippen LogP contribution < -0.4 is 0 Å². The van der Waals surface area contributed by atoms with Gasteiger partial charge in [-0.25, -0.2) is 0 Å². The average Bonchev–Trinajstić information content (AvgIpc) is 2.76. The molecule has 5 rings (SSSR count). The Morgan fingerprint density at radius 3 is 2.26 bits per heavy atom. The Morgan fingerprint density at radius 2 is 1.63 bits per heavy atom. The third kappa shape index (κ3) is 3.07. The lowest BCUT2D eigenvalue weighted by Crippen LogP contribution is -2.69. The number of aliphatic hydroxyl groups is 3. The fourth-order valence-corrected chi connectivity index (χ4v) is 10.8. The Kier molecular flexibility index (Phi) is 5.56. The van der Waals surface area contributed by atoms with Crippen molar-refractivity contribution in [1.29, 1.82) is 0 Å². The molecule has 5 heteroatoms. The van der Waals surface area contributed by atoms with E-state index < -0.39 is 29.0 Å². The Bertz CT molecular complexity index is 941. The molecule has 0 aromatic rings. The zero-order valence-corrected chi connectivity index (χ0v) is 22.7.